The predicted octanol–water partition coefficient (Wildman–Crippen LogP) is 5.38. The number of hydrogen-bond donors (Lipinski definition) is 1. The minimum atomic E-state index is -1.18. The molecule has 0 aliphatic carbocycles. The molecule has 9 nitrogen and oxygen atoms in total. The quantitative estimate of drug-likeness (QED) is 0.342. The molecule has 4 aromatic rings. The second-order valence-electron chi connectivity index (χ2n) is 12.2. The number of carbonyl (C=O) groups is 1. The van der Waals surface area contributed by atoms with Crippen molar-refractivity contribution < 1.29 is 14.6 Å². The van der Waals surface area contributed by atoms with Gasteiger partial charge in [-0.2, -0.15) is 9.61 Å². The number of aryl methyl sites for hydroxylation is 1. The number of benzene rings is 1. The number of aliphatic carboxylic acids is 1. The van der Waals surface area contributed by atoms with E-state index in [4.69, 9.17) is 14.8 Å². The van der Waals surface area contributed by atoms with E-state index in [1.165, 1.54) is 5.56 Å². The number of piperidine rings is 1. The molecule has 1 aliphatic rings. The molecule has 1 atom stereocenters. The van der Waals surface area contributed by atoms with Crippen LogP contribution in [0.25, 0.3) is 11.5 Å². The molecule has 4 heterocycles. The Balaban J connectivity index is 1.66. The van der Waals surface area contributed by atoms with Gasteiger partial charge in [0.15, 0.2) is 17.6 Å². The maximum atomic E-state index is 12.6. The number of nitrogens with zero attached hydrogens (tertiary/aromatic N) is 6. The van der Waals surface area contributed by atoms with Crippen molar-refractivity contribution in [2.45, 2.75) is 72.5 Å². The summed E-state index contributed by atoms with van der Waals surface area (Å²) in [5.41, 5.74) is 3.55. The molecule has 0 saturated carbocycles. The zero-order valence-corrected chi connectivity index (χ0v) is 23.7. The predicted molar refractivity (Wildman–Crippen MR) is 151 cm³/mol. The van der Waals surface area contributed by atoms with Gasteiger partial charge in [0, 0.05) is 37.5 Å². The fourth-order valence-corrected chi connectivity index (χ4v) is 5.20. The number of fused-ring (bicyclic) bond motifs is 1. The second kappa shape index (κ2) is 10.1. The zero-order chi connectivity index (χ0) is 27.9. The summed E-state index contributed by atoms with van der Waals surface area (Å²) < 4.78 is 9.74. The van der Waals surface area contributed by atoms with Crippen LogP contribution in [0.2, 0.25) is 0 Å². The van der Waals surface area contributed by atoms with E-state index in [9.17, 15) is 9.90 Å². The van der Waals surface area contributed by atoms with Crippen LogP contribution in [0.3, 0.4) is 0 Å². The van der Waals surface area contributed by atoms with Crippen molar-refractivity contribution in [1.82, 2.24) is 24.4 Å². The SMILES string of the molecule is Cc1nc2cc(-n3nccc3Cc3ccccc3)nn2c(N2CCC(C)(C)CC2)c1C(OC(C)(C)C)C(=O)O. The first-order valence-corrected chi connectivity index (χ1v) is 13.5. The van der Waals surface area contributed by atoms with E-state index in [2.05, 4.69) is 36.0 Å². The van der Waals surface area contributed by atoms with E-state index >= 15 is 0 Å². The molecule has 9 heteroatoms. The third-order valence-electron chi connectivity index (χ3n) is 7.33. The zero-order valence-electron chi connectivity index (χ0n) is 23.7. The molecule has 0 bridgehead atoms. The molecule has 0 spiro atoms. The average molecular weight is 531 g/mol. The standard InChI is InChI=1S/C30H38N6O3/c1-20-25(26(28(37)38)39-29(2,3)4)27(34-16-13-30(5,6)14-17-34)36-23(32-20)19-24(33-36)35-22(12-15-31-35)18-21-10-8-7-9-11-21/h7-12,15,19,26H,13-14,16-18H2,1-6H3,(H,37,38). The van der Waals surface area contributed by atoms with Crippen LogP contribution in [0.4, 0.5) is 5.82 Å². The number of carboxylic acids is 1. The first-order chi connectivity index (χ1) is 18.4. The number of aromatic nitrogens is 5. The Labute approximate surface area is 229 Å². The summed E-state index contributed by atoms with van der Waals surface area (Å²) >= 11 is 0. The van der Waals surface area contributed by atoms with Gasteiger partial charge in [0.2, 0.25) is 0 Å². The van der Waals surface area contributed by atoms with E-state index in [1.807, 2.05) is 62.7 Å². The molecular formula is C30H38N6O3. The normalized spacial score (nSPS) is 16.5. The van der Waals surface area contributed by atoms with Crippen LogP contribution >= 0.6 is 0 Å². The first-order valence-electron chi connectivity index (χ1n) is 13.5. The fourth-order valence-electron chi connectivity index (χ4n) is 5.20. The third kappa shape index (κ3) is 5.68. The molecule has 39 heavy (non-hydrogen) atoms. The Bertz CT molecular complexity index is 1470. The van der Waals surface area contributed by atoms with Crippen LogP contribution < -0.4 is 4.90 Å². The number of rotatable bonds is 7. The van der Waals surface area contributed by atoms with Gasteiger partial charge in [0.05, 0.1) is 16.9 Å². The number of anilines is 1. The van der Waals surface area contributed by atoms with E-state index in [0.29, 0.717) is 29.1 Å². The van der Waals surface area contributed by atoms with Crippen LogP contribution in [0, 0.1) is 12.3 Å². The summed E-state index contributed by atoms with van der Waals surface area (Å²) in [6, 6.07) is 14.2. The highest BCUT2D eigenvalue weighted by atomic mass is 16.5. The van der Waals surface area contributed by atoms with Crippen LogP contribution in [-0.2, 0) is 16.0 Å². The molecule has 5 rings (SSSR count). The average Bonchev–Trinajstić information content (AvgIpc) is 3.48. The Morgan fingerprint density at radius 1 is 1.13 bits per heavy atom. The lowest BCUT2D eigenvalue weighted by molar-refractivity contribution is -0.160. The van der Waals surface area contributed by atoms with E-state index in [-0.39, 0.29) is 5.41 Å². The molecule has 1 unspecified atom stereocenters. The van der Waals surface area contributed by atoms with E-state index < -0.39 is 17.7 Å². The van der Waals surface area contributed by atoms with Crippen molar-refractivity contribution in [3.05, 3.63) is 71.2 Å². The molecule has 0 radical (unpaired) electrons. The van der Waals surface area contributed by atoms with Crippen LogP contribution in [0.1, 0.15) is 76.1 Å². The van der Waals surface area contributed by atoms with Crippen LogP contribution in [0.5, 0.6) is 0 Å². The fraction of sp³-hybridized carbons (Fsp3) is 0.467. The summed E-state index contributed by atoms with van der Waals surface area (Å²) in [7, 11) is 0. The van der Waals surface area contributed by atoms with Crippen molar-refractivity contribution in [1.29, 1.82) is 0 Å². The van der Waals surface area contributed by atoms with E-state index in [1.54, 1.807) is 10.7 Å². The lowest BCUT2D eigenvalue weighted by atomic mass is 9.82. The summed E-state index contributed by atoms with van der Waals surface area (Å²) in [6.45, 7) is 13.6. The Kier molecular flexibility index (Phi) is 6.97. The van der Waals surface area contributed by atoms with Crippen molar-refractivity contribution in [2.75, 3.05) is 18.0 Å². The largest absolute Gasteiger partial charge is 0.479 e. The summed E-state index contributed by atoms with van der Waals surface area (Å²) in [5.74, 6) is 0.321. The highest BCUT2D eigenvalue weighted by molar-refractivity contribution is 5.78. The molecule has 1 aromatic carbocycles. The summed E-state index contributed by atoms with van der Waals surface area (Å²) in [4.78, 5) is 19.7. The topological polar surface area (TPSA) is 97.8 Å². The summed E-state index contributed by atoms with van der Waals surface area (Å²) in [6.07, 6.45) is 3.28. The van der Waals surface area contributed by atoms with Crippen molar-refractivity contribution in [2.24, 2.45) is 5.41 Å². The monoisotopic (exact) mass is 530 g/mol. The molecule has 1 aliphatic heterocycles. The number of hydrogen-bond acceptors (Lipinski definition) is 6. The molecular weight excluding hydrogens is 492 g/mol. The van der Waals surface area contributed by atoms with Crippen molar-refractivity contribution in [3.63, 3.8) is 0 Å². The summed E-state index contributed by atoms with van der Waals surface area (Å²) in [5, 5.41) is 19.9. The maximum Gasteiger partial charge on any atom is 0.337 e. The van der Waals surface area contributed by atoms with Crippen molar-refractivity contribution in [3.8, 4) is 5.82 Å². The highest BCUT2D eigenvalue weighted by Crippen LogP contribution is 2.38. The maximum absolute atomic E-state index is 12.6. The van der Waals surface area contributed by atoms with Gasteiger partial charge >= 0.3 is 5.97 Å². The van der Waals surface area contributed by atoms with Crippen LogP contribution in [-0.4, -0.2) is 54.1 Å². The van der Waals surface area contributed by atoms with Gasteiger partial charge in [0.1, 0.15) is 5.82 Å². The number of ether oxygens (including phenoxy) is 1. The molecule has 1 N–H and O–H groups in total. The Morgan fingerprint density at radius 2 is 1.82 bits per heavy atom. The smallest absolute Gasteiger partial charge is 0.337 e. The van der Waals surface area contributed by atoms with Gasteiger partial charge in [0.25, 0.3) is 0 Å². The molecule has 206 valence electrons. The molecule has 3 aromatic heterocycles. The third-order valence-corrected chi connectivity index (χ3v) is 7.33. The van der Waals surface area contributed by atoms with Gasteiger partial charge in [-0.1, -0.05) is 44.2 Å². The van der Waals surface area contributed by atoms with Crippen molar-refractivity contribution >= 4 is 17.4 Å². The lowest BCUT2D eigenvalue weighted by Gasteiger charge is -2.39. The van der Waals surface area contributed by atoms with E-state index in [0.717, 1.165) is 37.4 Å². The molecule has 0 amide bonds. The first kappa shape index (κ1) is 26.9. The minimum Gasteiger partial charge on any atom is -0.479 e. The van der Waals surface area contributed by atoms with Gasteiger partial charge in [-0.05, 0) is 57.6 Å². The van der Waals surface area contributed by atoms with Crippen LogP contribution in [0.15, 0.2) is 48.7 Å². The lowest BCUT2D eigenvalue weighted by Crippen LogP contribution is -2.40. The van der Waals surface area contributed by atoms with Gasteiger partial charge in [-0.3, -0.25) is 0 Å². The molecule has 1 saturated heterocycles. The number of carboxylic acid groups (broad SMARTS) is 1. The van der Waals surface area contributed by atoms with Gasteiger partial charge in [-0.15, -0.1) is 5.10 Å². The Hall–Kier alpha value is -3.72. The van der Waals surface area contributed by atoms with Gasteiger partial charge < -0.3 is 14.7 Å². The molecule has 1 fully saturated rings. The minimum absolute atomic E-state index is 0.225. The second-order valence-corrected chi connectivity index (χ2v) is 12.2. The Morgan fingerprint density at radius 3 is 2.46 bits per heavy atom. The van der Waals surface area contributed by atoms with Gasteiger partial charge in [-0.25, -0.2) is 14.5 Å². The highest BCUT2D eigenvalue weighted by Gasteiger charge is 2.36.